The van der Waals surface area contributed by atoms with Crippen molar-refractivity contribution in [2.75, 3.05) is 6.54 Å². The van der Waals surface area contributed by atoms with Crippen molar-refractivity contribution in [2.45, 2.75) is 45.6 Å². The third kappa shape index (κ3) is 2.55. The van der Waals surface area contributed by atoms with Crippen LogP contribution in [0.3, 0.4) is 0 Å². The van der Waals surface area contributed by atoms with Gasteiger partial charge in [-0.15, -0.1) is 0 Å². The number of piperidine rings is 1. The Morgan fingerprint density at radius 1 is 1.24 bits per heavy atom. The van der Waals surface area contributed by atoms with E-state index in [1.54, 1.807) is 6.07 Å². The molecule has 94 valence electrons. The molecule has 2 rings (SSSR count). The van der Waals surface area contributed by atoms with Crippen molar-refractivity contribution in [1.29, 1.82) is 0 Å². The van der Waals surface area contributed by atoms with E-state index in [0.29, 0.717) is 6.04 Å². The Balaban J connectivity index is 2.20. The number of phenolic OH excluding ortho intramolecular Hbond substituents is 2. The summed E-state index contributed by atoms with van der Waals surface area (Å²) in [6, 6.07) is 2.21. The zero-order valence-electron chi connectivity index (χ0n) is 10.6. The summed E-state index contributed by atoms with van der Waals surface area (Å²) >= 11 is 0. The Morgan fingerprint density at radius 2 is 2.00 bits per heavy atom. The van der Waals surface area contributed by atoms with Crippen LogP contribution in [-0.4, -0.2) is 22.8 Å². The molecule has 1 aromatic rings. The lowest BCUT2D eigenvalue weighted by molar-refractivity contribution is 0.390. The monoisotopic (exact) mass is 235 g/mol. The van der Waals surface area contributed by atoms with Crippen molar-refractivity contribution in [2.24, 2.45) is 0 Å². The summed E-state index contributed by atoms with van der Waals surface area (Å²) in [5.74, 6) is 0.0155. The Labute approximate surface area is 102 Å². The Hall–Kier alpha value is -1.22. The van der Waals surface area contributed by atoms with Gasteiger partial charge in [-0.05, 0) is 62.4 Å². The predicted octanol–water partition coefficient (Wildman–Crippen LogP) is 2.40. The van der Waals surface area contributed by atoms with Crippen LogP contribution in [0.1, 0.15) is 36.0 Å². The van der Waals surface area contributed by atoms with E-state index < -0.39 is 0 Å². The predicted molar refractivity (Wildman–Crippen MR) is 68.6 cm³/mol. The minimum absolute atomic E-state index is 0.00101. The van der Waals surface area contributed by atoms with E-state index in [1.165, 1.54) is 19.3 Å². The molecule has 1 heterocycles. The zero-order valence-corrected chi connectivity index (χ0v) is 10.6. The fraction of sp³-hybridized carbons (Fsp3) is 0.571. The highest BCUT2D eigenvalue weighted by atomic mass is 16.3. The lowest BCUT2D eigenvalue weighted by atomic mass is 9.93. The Morgan fingerprint density at radius 3 is 2.65 bits per heavy atom. The van der Waals surface area contributed by atoms with Crippen molar-refractivity contribution < 1.29 is 10.2 Å². The molecule has 0 aliphatic carbocycles. The molecule has 17 heavy (non-hydrogen) atoms. The number of phenols is 2. The fourth-order valence-corrected chi connectivity index (χ4v) is 2.53. The fourth-order valence-electron chi connectivity index (χ4n) is 2.53. The van der Waals surface area contributed by atoms with Gasteiger partial charge in [-0.2, -0.15) is 0 Å². The summed E-state index contributed by atoms with van der Waals surface area (Å²) in [5, 5.41) is 22.8. The number of nitrogens with one attached hydrogen (secondary N) is 1. The van der Waals surface area contributed by atoms with Gasteiger partial charge in [0, 0.05) is 6.04 Å². The molecule has 1 atom stereocenters. The van der Waals surface area contributed by atoms with E-state index in [9.17, 15) is 10.2 Å². The average Bonchev–Trinajstić information content (AvgIpc) is 2.35. The standard InChI is InChI=1S/C14H21NO2/c1-9-10(2)14(17)13(16)8-11(9)7-12-5-3-4-6-15-12/h8,12,15-17H,3-7H2,1-2H3. The van der Waals surface area contributed by atoms with E-state index in [4.69, 9.17) is 0 Å². The van der Waals surface area contributed by atoms with Gasteiger partial charge in [0.1, 0.15) is 0 Å². The molecule has 0 bridgehead atoms. The summed E-state index contributed by atoms with van der Waals surface area (Å²) < 4.78 is 0. The molecule has 0 amide bonds. The Kier molecular flexibility index (Phi) is 3.57. The van der Waals surface area contributed by atoms with Crippen LogP contribution in [0.2, 0.25) is 0 Å². The number of hydrogen-bond acceptors (Lipinski definition) is 3. The Bertz CT molecular complexity index is 409. The molecule has 1 fully saturated rings. The first-order valence-electron chi connectivity index (χ1n) is 6.34. The van der Waals surface area contributed by atoms with Gasteiger partial charge in [0.2, 0.25) is 0 Å². The average molecular weight is 235 g/mol. The molecule has 1 aliphatic rings. The van der Waals surface area contributed by atoms with Gasteiger partial charge >= 0.3 is 0 Å². The zero-order chi connectivity index (χ0) is 12.4. The van der Waals surface area contributed by atoms with Crippen LogP contribution >= 0.6 is 0 Å². The lowest BCUT2D eigenvalue weighted by Gasteiger charge is -2.24. The van der Waals surface area contributed by atoms with E-state index in [2.05, 4.69) is 5.32 Å². The van der Waals surface area contributed by atoms with Crippen LogP contribution in [0.4, 0.5) is 0 Å². The molecule has 0 aromatic heterocycles. The molecule has 3 nitrogen and oxygen atoms in total. The largest absolute Gasteiger partial charge is 0.504 e. The molecule has 1 aliphatic heterocycles. The first-order valence-corrected chi connectivity index (χ1v) is 6.34. The van der Waals surface area contributed by atoms with Crippen LogP contribution < -0.4 is 5.32 Å². The second-order valence-corrected chi connectivity index (χ2v) is 5.00. The summed E-state index contributed by atoms with van der Waals surface area (Å²) in [7, 11) is 0. The highest BCUT2D eigenvalue weighted by Gasteiger charge is 2.17. The molecular weight excluding hydrogens is 214 g/mol. The molecule has 1 saturated heterocycles. The van der Waals surface area contributed by atoms with E-state index in [-0.39, 0.29) is 11.5 Å². The molecule has 3 heteroatoms. The second kappa shape index (κ2) is 4.96. The van der Waals surface area contributed by atoms with Crippen molar-refractivity contribution >= 4 is 0 Å². The van der Waals surface area contributed by atoms with Gasteiger partial charge in [-0.3, -0.25) is 0 Å². The van der Waals surface area contributed by atoms with E-state index >= 15 is 0 Å². The third-order valence-corrected chi connectivity index (χ3v) is 3.83. The second-order valence-electron chi connectivity index (χ2n) is 5.00. The minimum Gasteiger partial charge on any atom is -0.504 e. The van der Waals surface area contributed by atoms with Crippen LogP contribution in [-0.2, 0) is 6.42 Å². The molecule has 0 saturated carbocycles. The maximum atomic E-state index is 9.66. The number of aromatic hydroxyl groups is 2. The molecular formula is C14H21NO2. The van der Waals surface area contributed by atoms with Gasteiger partial charge in [0.15, 0.2) is 11.5 Å². The van der Waals surface area contributed by atoms with Crippen molar-refractivity contribution in [3.8, 4) is 11.5 Å². The highest BCUT2D eigenvalue weighted by Crippen LogP contribution is 2.33. The molecule has 3 N–H and O–H groups in total. The van der Waals surface area contributed by atoms with Gasteiger partial charge in [0.05, 0.1) is 0 Å². The quantitative estimate of drug-likeness (QED) is 0.690. The maximum Gasteiger partial charge on any atom is 0.160 e. The van der Waals surface area contributed by atoms with Crippen LogP contribution in [0.25, 0.3) is 0 Å². The molecule has 0 radical (unpaired) electrons. The van der Waals surface area contributed by atoms with Crippen LogP contribution in [0.15, 0.2) is 6.07 Å². The number of benzene rings is 1. The number of rotatable bonds is 2. The molecule has 1 unspecified atom stereocenters. The maximum absolute atomic E-state index is 9.66. The molecule has 1 aromatic carbocycles. The van der Waals surface area contributed by atoms with Crippen molar-refractivity contribution in [3.63, 3.8) is 0 Å². The summed E-state index contributed by atoms with van der Waals surface area (Å²) in [6.07, 6.45) is 4.66. The van der Waals surface area contributed by atoms with Crippen LogP contribution in [0.5, 0.6) is 11.5 Å². The summed E-state index contributed by atoms with van der Waals surface area (Å²) in [4.78, 5) is 0. The first-order chi connectivity index (χ1) is 8.09. The van der Waals surface area contributed by atoms with Gasteiger partial charge in [-0.25, -0.2) is 0 Å². The third-order valence-electron chi connectivity index (χ3n) is 3.83. The summed E-state index contributed by atoms with van der Waals surface area (Å²) in [5.41, 5.74) is 3.01. The molecule has 0 spiro atoms. The minimum atomic E-state index is -0.00101. The van der Waals surface area contributed by atoms with Gasteiger partial charge < -0.3 is 15.5 Å². The van der Waals surface area contributed by atoms with E-state index in [0.717, 1.165) is 29.7 Å². The SMILES string of the molecule is Cc1c(CC2CCCCN2)cc(O)c(O)c1C. The van der Waals surface area contributed by atoms with Crippen LogP contribution in [0, 0.1) is 13.8 Å². The van der Waals surface area contributed by atoms with E-state index in [1.807, 2.05) is 13.8 Å². The highest BCUT2D eigenvalue weighted by molar-refractivity contribution is 5.52. The smallest absolute Gasteiger partial charge is 0.160 e. The van der Waals surface area contributed by atoms with Crippen molar-refractivity contribution in [1.82, 2.24) is 5.32 Å². The van der Waals surface area contributed by atoms with Crippen molar-refractivity contribution in [3.05, 3.63) is 22.8 Å². The first kappa shape index (κ1) is 12.2. The summed E-state index contributed by atoms with van der Waals surface area (Å²) in [6.45, 7) is 4.95. The van der Waals surface area contributed by atoms with Gasteiger partial charge in [0.25, 0.3) is 0 Å². The topological polar surface area (TPSA) is 52.5 Å². The normalized spacial score (nSPS) is 20.5. The number of hydrogen-bond donors (Lipinski definition) is 3. The lowest BCUT2D eigenvalue weighted by Crippen LogP contribution is -2.35. The van der Waals surface area contributed by atoms with Gasteiger partial charge in [-0.1, -0.05) is 6.42 Å².